The van der Waals surface area contributed by atoms with Gasteiger partial charge in [-0.2, -0.15) is 13.2 Å². The molecule has 0 aliphatic carbocycles. The van der Waals surface area contributed by atoms with Crippen LogP contribution in [0.25, 0.3) is 0 Å². The molecule has 0 aliphatic heterocycles. The van der Waals surface area contributed by atoms with Gasteiger partial charge in [-0.3, -0.25) is 0 Å². The van der Waals surface area contributed by atoms with E-state index < -0.39 is 11.7 Å². The van der Waals surface area contributed by atoms with Gasteiger partial charge >= 0.3 is 6.18 Å². The third-order valence-electron chi connectivity index (χ3n) is 2.93. The first-order valence-electron chi connectivity index (χ1n) is 6.22. The number of rotatable bonds is 6. The Morgan fingerprint density at radius 1 is 1.45 bits per heavy atom. The van der Waals surface area contributed by atoms with Crippen LogP contribution in [-0.4, -0.2) is 17.1 Å². The molecule has 1 aromatic carbocycles. The Morgan fingerprint density at radius 2 is 2.15 bits per heavy atom. The molecule has 112 valence electrons. The number of nitrogens with two attached hydrogens (primary N) is 1. The molecule has 7 heteroatoms. The lowest BCUT2D eigenvalue weighted by atomic mass is 10.1. The van der Waals surface area contributed by atoms with Crippen molar-refractivity contribution in [3.63, 3.8) is 0 Å². The van der Waals surface area contributed by atoms with E-state index in [1.165, 1.54) is 6.07 Å². The van der Waals surface area contributed by atoms with Crippen molar-refractivity contribution < 1.29 is 18.4 Å². The summed E-state index contributed by atoms with van der Waals surface area (Å²) < 4.78 is 37.7. The summed E-state index contributed by atoms with van der Waals surface area (Å²) in [5.41, 5.74) is 5.28. The Bertz CT molecular complexity index is 460. The molecule has 4 nitrogen and oxygen atoms in total. The number of benzene rings is 1. The first-order chi connectivity index (χ1) is 9.36. The van der Waals surface area contributed by atoms with Crippen molar-refractivity contribution in [2.45, 2.75) is 38.5 Å². The van der Waals surface area contributed by atoms with E-state index in [-0.39, 0.29) is 11.9 Å². The molecule has 0 fully saturated rings. The lowest BCUT2D eigenvalue weighted by molar-refractivity contribution is -0.137. The molecular weight excluding hydrogens is 271 g/mol. The molecule has 1 atom stereocenters. The van der Waals surface area contributed by atoms with E-state index in [9.17, 15) is 13.2 Å². The molecule has 1 unspecified atom stereocenters. The highest BCUT2D eigenvalue weighted by atomic mass is 19.4. The lowest BCUT2D eigenvalue weighted by Crippen LogP contribution is -2.32. The van der Waals surface area contributed by atoms with Crippen molar-refractivity contribution in [2.24, 2.45) is 10.9 Å². The van der Waals surface area contributed by atoms with E-state index in [0.717, 1.165) is 18.6 Å². The van der Waals surface area contributed by atoms with E-state index in [2.05, 4.69) is 10.5 Å². The van der Waals surface area contributed by atoms with Gasteiger partial charge in [0.25, 0.3) is 0 Å². The minimum Gasteiger partial charge on any atom is -0.409 e. The third kappa shape index (κ3) is 5.08. The molecule has 0 aromatic heterocycles. The minimum atomic E-state index is -4.34. The number of halogens is 3. The zero-order valence-electron chi connectivity index (χ0n) is 11.1. The highest BCUT2D eigenvalue weighted by Gasteiger charge is 2.30. The first kappa shape index (κ1) is 16.3. The average molecular weight is 289 g/mol. The van der Waals surface area contributed by atoms with Gasteiger partial charge in [0.05, 0.1) is 5.56 Å². The predicted octanol–water partition coefficient (Wildman–Crippen LogP) is 2.71. The molecule has 0 aliphatic rings. The van der Waals surface area contributed by atoms with Crippen LogP contribution in [0.1, 0.15) is 30.9 Å². The number of alkyl halides is 3. The number of hydrogen-bond donors (Lipinski definition) is 3. The zero-order chi connectivity index (χ0) is 15.2. The Morgan fingerprint density at radius 3 is 2.70 bits per heavy atom. The Kier molecular flexibility index (Phi) is 5.82. The number of amidine groups is 1. The van der Waals surface area contributed by atoms with Crippen LogP contribution >= 0.6 is 0 Å². The normalized spacial score (nSPS) is 14.3. The number of nitrogens with one attached hydrogen (secondary N) is 1. The fraction of sp³-hybridized carbons (Fsp3) is 0.462. The van der Waals surface area contributed by atoms with Crippen molar-refractivity contribution in [2.75, 3.05) is 0 Å². The summed E-state index contributed by atoms with van der Waals surface area (Å²) in [5.74, 6) is 0.0911. The van der Waals surface area contributed by atoms with Gasteiger partial charge in [0.2, 0.25) is 0 Å². The van der Waals surface area contributed by atoms with Crippen molar-refractivity contribution in [3.8, 4) is 0 Å². The Labute approximate surface area is 115 Å². The van der Waals surface area contributed by atoms with Gasteiger partial charge in [-0.25, -0.2) is 0 Å². The molecule has 0 amide bonds. The van der Waals surface area contributed by atoms with E-state index in [1.54, 1.807) is 6.07 Å². The van der Waals surface area contributed by atoms with Crippen molar-refractivity contribution in [3.05, 3.63) is 35.4 Å². The van der Waals surface area contributed by atoms with Crippen LogP contribution in [0.15, 0.2) is 29.4 Å². The molecule has 0 spiro atoms. The van der Waals surface area contributed by atoms with Crippen molar-refractivity contribution in [1.29, 1.82) is 0 Å². The van der Waals surface area contributed by atoms with Crippen LogP contribution < -0.4 is 11.1 Å². The summed E-state index contributed by atoms with van der Waals surface area (Å²) in [7, 11) is 0. The monoisotopic (exact) mass is 289 g/mol. The molecule has 4 N–H and O–H groups in total. The van der Waals surface area contributed by atoms with Crippen LogP contribution in [0.5, 0.6) is 0 Å². The smallest absolute Gasteiger partial charge is 0.409 e. The fourth-order valence-corrected chi connectivity index (χ4v) is 1.77. The molecule has 0 heterocycles. The quantitative estimate of drug-likeness (QED) is 0.326. The lowest BCUT2D eigenvalue weighted by Gasteiger charge is -2.16. The summed E-state index contributed by atoms with van der Waals surface area (Å²) in [4.78, 5) is 0. The third-order valence-corrected chi connectivity index (χ3v) is 2.93. The number of hydrogen-bond acceptors (Lipinski definition) is 3. The molecule has 1 aromatic rings. The zero-order valence-corrected chi connectivity index (χ0v) is 11.1. The van der Waals surface area contributed by atoms with Gasteiger partial charge in [-0.05, 0) is 18.1 Å². The Balaban J connectivity index is 2.65. The van der Waals surface area contributed by atoms with Crippen LogP contribution in [0.3, 0.4) is 0 Å². The average Bonchev–Trinajstić information content (AvgIpc) is 2.42. The molecule has 20 heavy (non-hydrogen) atoms. The van der Waals surface area contributed by atoms with Crippen LogP contribution in [0.4, 0.5) is 13.2 Å². The maximum Gasteiger partial charge on any atom is 0.416 e. The van der Waals surface area contributed by atoms with Crippen molar-refractivity contribution >= 4 is 5.84 Å². The van der Waals surface area contributed by atoms with E-state index in [4.69, 9.17) is 10.9 Å². The second kappa shape index (κ2) is 7.14. The SMILES string of the molecule is CCC(CC(N)=NO)NCc1cccc(C(F)(F)F)c1. The maximum absolute atomic E-state index is 12.6. The molecule has 0 saturated heterocycles. The van der Waals surface area contributed by atoms with Crippen LogP contribution in [0.2, 0.25) is 0 Å². The van der Waals surface area contributed by atoms with Gasteiger partial charge in [0.15, 0.2) is 0 Å². The van der Waals surface area contributed by atoms with Crippen LogP contribution in [-0.2, 0) is 12.7 Å². The van der Waals surface area contributed by atoms with E-state index in [0.29, 0.717) is 18.5 Å². The van der Waals surface area contributed by atoms with Gasteiger partial charge in [-0.1, -0.05) is 30.3 Å². The number of oxime groups is 1. The molecule has 0 saturated carbocycles. The van der Waals surface area contributed by atoms with E-state index in [1.807, 2.05) is 6.92 Å². The summed E-state index contributed by atoms with van der Waals surface area (Å²) >= 11 is 0. The van der Waals surface area contributed by atoms with Crippen LogP contribution in [0, 0.1) is 0 Å². The predicted molar refractivity (Wildman–Crippen MR) is 70.4 cm³/mol. The van der Waals surface area contributed by atoms with Gasteiger partial charge in [0, 0.05) is 19.0 Å². The Hall–Kier alpha value is -1.76. The second-order valence-corrected chi connectivity index (χ2v) is 4.48. The fourth-order valence-electron chi connectivity index (χ4n) is 1.77. The molecular formula is C13H18F3N3O. The highest BCUT2D eigenvalue weighted by molar-refractivity contribution is 5.80. The second-order valence-electron chi connectivity index (χ2n) is 4.48. The molecule has 1 rings (SSSR count). The standard InChI is InChI=1S/C13H18F3N3O/c1-2-11(7-12(17)19-20)18-8-9-4-3-5-10(6-9)13(14,15)16/h3-6,11,18,20H,2,7-8H2,1H3,(H2,17,19). The molecule has 0 radical (unpaired) electrons. The summed E-state index contributed by atoms with van der Waals surface area (Å²) in [6.07, 6.45) is -3.28. The van der Waals surface area contributed by atoms with Gasteiger partial charge in [0.1, 0.15) is 5.84 Å². The topological polar surface area (TPSA) is 70.6 Å². The summed E-state index contributed by atoms with van der Waals surface area (Å²) in [6, 6.07) is 5.10. The largest absolute Gasteiger partial charge is 0.416 e. The highest BCUT2D eigenvalue weighted by Crippen LogP contribution is 2.29. The van der Waals surface area contributed by atoms with Crippen molar-refractivity contribution in [1.82, 2.24) is 5.32 Å². The molecule has 0 bridgehead atoms. The summed E-state index contributed by atoms with van der Waals surface area (Å²) in [5, 5.41) is 14.5. The number of nitrogens with zero attached hydrogens (tertiary/aromatic N) is 1. The minimum absolute atomic E-state index is 0.0551. The van der Waals surface area contributed by atoms with E-state index >= 15 is 0 Å². The van der Waals surface area contributed by atoms with Gasteiger partial charge < -0.3 is 16.3 Å². The summed E-state index contributed by atoms with van der Waals surface area (Å²) in [6.45, 7) is 2.20. The van der Waals surface area contributed by atoms with Gasteiger partial charge in [-0.15, -0.1) is 0 Å². The first-order valence-corrected chi connectivity index (χ1v) is 6.22. The maximum atomic E-state index is 12.6.